The highest BCUT2D eigenvalue weighted by molar-refractivity contribution is 7.99. The summed E-state index contributed by atoms with van der Waals surface area (Å²) in [7, 11) is 0. The van der Waals surface area contributed by atoms with E-state index >= 15 is 0 Å². The molecule has 96 valence electrons. The highest BCUT2D eigenvalue weighted by atomic mass is 32.2. The second-order valence-electron chi connectivity index (χ2n) is 4.40. The van der Waals surface area contributed by atoms with Crippen LogP contribution in [0, 0.1) is 6.92 Å². The molecule has 1 N–H and O–H groups in total. The molecule has 1 unspecified atom stereocenters. The Morgan fingerprint density at radius 2 is 2.06 bits per heavy atom. The van der Waals surface area contributed by atoms with Gasteiger partial charge in [0.2, 0.25) is 5.95 Å². The summed E-state index contributed by atoms with van der Waals surface area (Å²) in [5, 5.41) is 3.94. The Balaban J connectivity index is 2.17. The molecule has 0 aliphatic heterocycles. The lowest BCUT2D eigenvalue weighted by Gasteiger charge is -2.13. The number of aromatic nitrogens is 2. The number of rotatable bonds is 5. The topological polar surface area (TPSA) is 29.9 Å². The van der Waals surface area contributed by atoms with Gasteiger partial charge >= 0.3 is 0 Å². The predicted octanol–water partition coefficient (Wildman–Crippen LogP) is 3.69. The minimum absolute atomic E-state index is 0.579. The fourth-order valence-electron chi connectivity index (χ4n) is 1.79. The summed E-state index contributed by atoms with van der Waals surface area (Å²) in [6.07, 6.45) is 4.23. The van der Waals surface area contributed by atoms with Gasteiger partial charge in [0.25, 0.3) is 0 Å². The molecule has 0 saturated heterocycles. The second-order valence-corrected chi connectivity index (χ2v) is 5.67. The molecule has 0 aliphatic carbocycles. The van der Waals surface area contributed by atoms with Crippen molar-refractivity contribution in [2.75, 3.05) is 11.6 Å². The van der Waals surface area contributed by atoms with E-state index in [0.717, 1.165) is 23.9 Å². The molecule has 0 bridgehead atoms. The van der Waals surface area contributed by atoms with Gasteiger partial charge in [0, 0.05) is 23.7 Å². The maximum Gasteiger partial charge on any atom is 0.207 e. The Bertz CT molecular complexity index is 493. The molecule has 0 amide bonds. The van der Waals surface area contributed by atoms with Crippen molar-refractivity contribution in [2.45, 2.75) is 25.6 Å². The SMILES string of the molecule is CSC(C)Cn1cc(C)nc1Nc1ccccc1. The van der Waals surface area contributed by atoms with E-state index < -0.39 is 0 Å². The lowest BCUT2D eigenvalue weighted by Crippen LogP contribution is -2.10. The van der Waals surface area contributed by atoms with Crippen molar-refractivity contribution in [3.63, 3.8) is 0 Å². The zero-order valence-corrected chi connectivity index (χ0v) is 11.9. The number of hydrogen-bond acceptors (Lipinski definition) is 3. The first-order chi connectivity index (χ1) is 8.69. The van der Waals surface area contributed by atoms with E-state index in [9.17, 15) is 0 Å². The van der Waals surface area contributed by atoms with Crippen molar-refractivity contribution in [1.29, 1.82) is 0 Å². The van der Waals surface area contributed by atoms with Crippen LogP contribution in [-0.4, -0.2) is 21.1 Å². The molecule has 0 saturated carbocycles. The van der Waals surface area contributed by atoms with E-state index in [4.69, 9.17) is 0 Å². The van der Waals surface area contributed by atoms with Crippen LogP contribution in [-0.2, 0) is 6.54 Å². The first-order valence-corrected chi connectivity index (χ1v) is 7.36. The Morgan fingerprint density at radius 1 is 1.33 bits per heavy atom. The summed E-state index contributed by atoms with van der Waals surface area (Å²) in [6.45, 7) is 5.22. The van der Waals surface area contributed by atoms with Crippen LogP contribution in [0.5, 0.6) is 0 Å². The van der Waals surface area contributed by atoms with Crippen LogP contribution in [0.3, 0.4) is 0 Å². The maximum absolute atomic E-state index is 4.54. The molecule has 0 spiro atoms. The molecule has 0 aliphatic rings. The fraction of sp³-hybridized carbons (Fsp3) is 0.357. The molecule has 1 heterocycles. The third-order valence-electron chi connectivity index (χ3n) is 2.78. The van der Waals surface area contributed by atoms with Gasteiger partial charge in [-0.3, -0.25) is 0 Å². The van der Waals surface area contributed by atoms with Crippen LogP contribution in [0.15, 0.2) is 36.5 Å². The zero-order valence-electron chi connectivity index (χ0n) is 11.1. The van der Waals surface area contributed by atoms with Gasteiger partial charge in [0.1, 0.15) is 0 Å². The predicted molar refractivity (Wildman–Crippen MR) is 79.7 cm³/mol. The number of thioether (sulfide) groups is 1. The Hall–Kier alpha value is -1.42. The molecule has 2 rings (SSSR count). The summed E-state index contributed by atoms with van der Waals surface area (Å²) in [5.41, 5.74) is 2.11. The van der Waals surface area contributed by atoms with Crippen LogP contribution in [0.25, 0.3) is 0 Å². The van der Waals surface area contributed by atoms with Gasteiger partial charge in [-0.05, 0) is 25.3 Å². The number of anilines is 2. The molecule has 3 nitrogen and oxygen atoms in total. The van der Waals surface area contributed by atoms with E-state index in [0.29, 0.717) is 5.25 Å². The minimum Gasteiger partial charge on any atom is -0.326 e. The highest BCUT2D eigenvalue weighted by Gasteiger charge is 2.08. The van der Waals surface area contributed by atoms with Crippen molar-refractivity contribution in [3.05, 3.63) is 42.2 Å². The number of nitrogens with zero attached hydrogens (tertiary/aromatic N) is 2. The zero-order chi connectivity index (χ0) is 13.0. The molecule has 2 aromatic rings. The van der Waals surface area contributed by atoms with Crippen LogP contribution in [0.2, 0.25) is 0 Å². The van der Waals surface area contributed by atoms with Crippen LogP contribution in [0.1, 0.15) is 12.6 Å². The standard InChI is InChI=1S/C14H19N3S/c1-11-9-17(10-12(2)18-3)14(15-11)16-13-7-5-4-6-8-13/h4-9,12H,10H2,1-3H3,(H,15,16). The van der Waals surface area contributed by atoms with Gasteiger partial charge in [-0.25, -0.2) is 4.98 Å². The molecule has 0 fully saturated rings. The Labute approximate surface area is 113 Å². The largest absolute Gasteiger partial charge is 0.326 e. The summed E-state index contributed by atoms with van der Waals surface area (Å²) >= 11 is 1.87. The minimum atomic E-state index is 0.579. The third kappa shape index (κ3) is 3.29. The normalized spacial score (nSPS) is 12.4. The number of benzene rings is 1. The molecule has 4 heteroatoms. The van der Waals surface area contributed by atoms with Crippen molar-refractivity contribution >= 4 is 23.4 Å². The smallest absolute Gasteiger partial charge is 0.207 e. The molecule has 0 radical (unpaired) electrons. The summed E-state index contributed by atoms with van der Waals surface area (Å²) < 4.78 is 2.18. The number of para-hydroxylation sites is 1. The first kappa shape index (κ1) is 13.0. The quantitative estimate of drug-likeness (QED) is 0.890. The summed E-state index contributed by atoms with van der Waals surface area (Å²) in [5.74, 6) is 0.916. The Morgan fingerprint density at radius 3 is 2.72 bits per heavy atom. The van der Waals surface area contributed by atoms with Crippen molar-refractivity contribution in [1.82, 2.24) is 9.55 Å². The number of aryl methyl sites for hydroxylation is 1. The number of nitrogens with one attached hydrogen (secondary N) is 1. The van der Waals surface area contributed by atoms with Gasteiger partial charge in [-0.1, -0.05) is 25.1 Å². The lowest BCUT2D eigenvalue weighted by molar-refractivity contribution is 0.700. The van der Waals surface area contributed by atoms with E-state index in [1.165, 1.54) is 0 Å². The molecule has 18 heavy (non-hydrogen) atoms. The van der Waals surface area contributed by atoms with Gasteiger partial charge in [0.05, 0.1) is 5.69 Å². The van der Waals surface area contributed by atoms with Gasteiger partial charge in [-0.2, -0.15) is 11.8 Å². The molecular weight excluding hydrogens is 242 g/mol. The second kappa shape index (κ2) is 5.96. The molecule has 1 aromatic carbocycles. The molecule has 1 aromatic heterocycles. The maximum atomic E-state index is 4.54. The number of imidazole rings is 1. The van der Waals surface area contributed by atoms with Crippen LogP contribution >= 0.6 is 11.8 Å². The van der Waals surface area contributed by atoms with E-state index in [1.54, 1.807) is 0 Å². The van der Waals surface area contributed by atoms with Crippen LogP contribution < -0.4 is 5.32 Å². The lowest BCUT2D eigenvalue weighted by atomic mass is 10.3. The van der Waals surface area contributed by atoms with Crippen molar-refractivity contribution in [3.8, 4) is 0 Å². The number of hydrogen-bond donors (Lipinski definition) is 1. The van der Waals surface area contributed by atoms with Crippen molar-refractivity contribution < 1.29 is 0 Å². The summed E-state index contributed by atoms with van der Waals surface area (Å²) in [6, 6.07) is 10.2. The van der Waals surface area contributed by atoms with E-state index in [2.05, 4.69) is 34.2 Å². The Kier molecular flexibility index (Phi) is 4.31. The van der Waals surface area contributed by atoms with Gasteiger partial charge in [-0.15, -0.1) is 0 Å². The van der Waals surface area contributed by atoms with Gasteiger partial charge in [0.15, 0.2) is 0 Å². The molecule has 1 atom stereocenters. The summed E-state index contributed by atoms with van der Waals surface area (Å²) in [4.78, 5) is 4.54. The fourth-order valence-corrected chi connectivity index (χ4v) is 2.10. The highest BCUT2D eigenvalue weighted by Crippen LogP contribution is 2.18. The monoisotopic (exact) mass is 261 g/mol. The average molecular weight is 261 g/mol. The molecular formula is C14H19N3S. The van der Waals surface area contributed by atoms with E-state index in [-0.39, 0.29) is 0 Å². The van der Waals surface area contributed by atoms with Gasteiger partial charge < -0.3 is 9.88 Å². The van der Waals surface area contributed by atoms with Crippen molar-refractivity contribution in [2.24, 2.45) is 0 Å². The van der Waals surface area contributed by atoms with Crippen LogP contribution in [0.4, 0.5) is 11.6 Å². The first-order valence-electron chi connectivity index (χ1n) is 6.07. The third-order valence-corrected chi connectivity index (χ3v) is 3.74. The average Bonchev–Trinajstić information content (AvgIpc) is 2.70. The van der Waals surface area contributed by atoms with E-state index in [1.807, 2.05) is 49.0 Å².